The number of piperazine rings is 1. The van der Waals surface area contributed by atoms with Gasteiger partial charge in [-0.1, -0.05) is 0 Å². The Morgan fingerprint density at radius 1 is 1.21 bits per heavy atom. The lowest BCUT2D eigenvalue weighted by molar-refractivity contribution is -0.913. The molecule has 1 aliphatic rings. The summed E-state index contributed by atoms with van der Waals surface area (Å²) in [6.07, 6.45) is 2.84. The van der Waals surface area contributed by atoms with Gasteiger partial charge in [-0.05, 0) is 45.0 Å². The molecule has 1 aromatic carbocycles. The molecule has 0 radical (unpaired) electrons. The van der Waals surface area contributed by atoms with Gasteiger partial charge in [0, 0.05) is 18.0 Å². The van der Waals surface area contributed by atoms with Crippen molar-refractivity contribution in [2.45, 2.75) is 32.8 Å². The van der Waals surface area contributed by atoms with Gasteiger partial charge in [-0.2, -0.15) is 0 Å². The van der Waals surface area contributed by atoms with Gasteiger partial charge in [0.05, 0.1) is 64.0 Å². The number of benzene rings is 1. The van der Waals surface area contributed by atoms with Crippen LogP contribution in [0.5, 0.6) is 5.75 Å². The highest BCUT2D eigenvalue weighted by Crippen LogP contribution is 2.23. The van der Waals surface area contributed by atoms with Crippen LogP contribution in [-0.2, 0) is 9.53 Å². The number of quaternary nitrogens is 1. The number of ether oxygens (including phenoxy) is 2. The van der Waals surface area contributed by atoms with E-state index >= 15 is 0 Å². The summed E-state index contributed by atoms with van der Waals surface area (Å²) >= 11 is 0. The van der Waals surface area contributed by atoms with E-state index in [-0.39, 0.29) is 18.5 Å². The zero-order valence-electron chi connectivity index (χ0n) is 20.5. The quantitative estimate of drug-likeness (QED) is 0.361. The van der Waals surface area contributed by atoms with E-state index < -0.39 is 5.60 Å². The summed E-state index contributed by atoms with van der Waals surface area (Å²) in [4.78, 5) is 41.3. The maximum absolute atomic E-state index is 12.4. The number of amides is 2. The van der Waals surface area contributed by atoms with E-state index in [1.165, 1.54) is 0 Å². The minimum atomic E-state index is -0.483. The van der Waals surface area contributed by atoms with E-state index in [2.05, 4.69) is 17.3 Å². The van der Waals surface area contributed by atoms with Crippen molar-refractivity contribution in [2.24, 2.45) is 0 Å². The van der Waals surface area contributed by atoms with E-state index in [9.17, 15) is 14.4 Å². The first-order chi connectivity index (χ1) is 16.1. The summed E-state index contributed by atoms with van der Waals surface area (Å²) < 4.78 is 12.3. The largest absolute Gasteiger partial charge is 0.493 e. The molecule has 2 heterocycles. The molecule has 9 nitrogen and oxygen atoms in total. The molecule has 1 fully saturated rings. The van der Waals surface area contributed by atoms with Crippen LogP contribution in [0.4, 0.5) is 4.79 Å². The molecular weight excluding hydrogens is 436 g/mol. The molecule has 1 aliphatic heterocycles. The molecular formula is C25H35N4O5+. The summed E-state index contributed by atoms with van der Waals surface area (Å²) in [6, 6.07) is 7.12. The van der Waals surface area contributed by atoms with Crippen LogP contribution < -0.4 is 10.1 Å². The zero-order valence-corrected chi connectivity index (χ0v) is 20.5. The molecule has 2 aromatic rings. The molecule has 0 atom stereocenters. The highest BCUT2D eigenvalue weighted by atomic mass is 16.6. The van der Waals surface area contributed by atoms with Gasteiger partial charge in [0.2, 0.25) is 0 Å². The number of aldehydes is 1. The standard InChI is InChI=1S/C25H34N4O5/c1-25(2,3)34-24(32)28-11-14-29(4,15-12-28)13-5-17-33-19-6-7-22-21(18-19)20(8-9-26-22)23(31)27-10-16-30/h6-9,16,18H,5,10-15,17H2,1-4H3/p+1. The van der Waals surface area contributed by atoms with Gasteiger partial charge >= 0.3 is 6.09 Å². The highest BCUT2D eigenvalue weighted by Gasteiger charge is 2.32. The van der Waals surface area contributed by atoms with Crippen LogP contribution in [0, 0.1) is 0 Å². The van der Waals surface area contributed by atoms with Gasteiger partial charge in [-0.25, -0.2) is 4.79 Å². The second-order valence-electron chi connectivity index (χ2n) is 9.87. The topological polar surface area (TPSA) is 97.8 Å². The maximum atomic E-state index is 12.4. The van der Waals surface area contributed by atoms with Crippen LogP contribution in [0.25, 0.3) is 10.9 Å². The lowest BCUT2D eigenvalue weighted by atomic mass is 10.1. The van der Waals surface area contributed by atoms with Crippen molar-refractivity contribution in [1.82, 2.24) is 15.2 Å². The van der Waals surface area contributed by atoms with Gasteiger partial charge < -0.3 is 24.1 Å². The number of carbonyl (C=O) groups excluding carboxylic acids is 3. The molecule has 1 aromatic heterocycles. The molecule has 0 unspecified atom stereocenters. The summed E-state index contributed by atoms with van der Waals surface area (Å²) in [7, 11) is 2.21. The number of fused-ring (bicyclic) bond motifs is 1. The normalized spacial score (nSPS) is 15.6. The van der Waals surface area contributed by atoms with E-state index in [0.717, 1.165) is 30.5 Å². The Morgan fingerprint density at radius 2 is 1.94 bits per heavy atom. The van der Waals surface area contributed by atoms with Gasteiger partial charge in [0.15, 0.2) is 0 Å². The number of rotatable bonds is 8. The Bertz CT molecular complexity index is 1030. The fourth-order valence-corrected chi connectivity index (χ4v) is 3.96. The number of carbonyl (C=O) groups is 3. The van der Waals surface area contributed by atoms with E-state index in [1.807, 2.05) is 39.0 Å². The molecule has 3 rings (SSSR count). The summed E-state index contributed by atoms with van der Waals surface area (Å²) in [5.74, 6) is 0.349. The minimum absolute atomic E-state index is 0.0363. The van der Waals surface area contributed by atoms with Gasteiger partial charge in [-0.15, -0.1) is 0 Å². The predicted octanol–water partition coefficient (Wildman–Crippen LogP) is 2.63. The van der Waals surface area contributed by atoms with Crippen LogP contribution in [0.3, 0.4) is 0 Å². The Kier molecular flexibility index (Phi) is 8.09. The first-order valence-corrected chi connectivity index (χ1v) is 11.7. The molecule has 0 bridgehead atoms. The molecule has 0 saturated carbocycles. The van der Waals surface area contributed by atoms with Crippen LogP contribution in [0.2, 0.25) is 0 Å². The van der Waals surface area contributed by atoms with Crippen LogP contribution in [0.15, 0.2) is 30.5 Å². The smallest absolute Gasteiger partial charge is 0.410 e. The molecule has 1 saturated heterocycles. The Balaban J connectivity index is 1.51. The maximum Gasteiger partial charge on any atom is 0.410 e. The Morgan fingerprint density at radius 3 is 2.62 bits per heavy atom. The SMILES string of the molecule is CC(C)(C)OC(=O)N1CC[N+](C)(CCCOc2ccc3nccc(C(=O)NCC=O)c3c2)CC1. The highest BCUT2D eigenvalue weighted by molar-refractivity contribution is 6.06. The lowest BCUT2D eigenvalue weighted by Gasteiger charge is -2.42. The van der Waals surface area contributed by atoms with Crippen molar-refractivity contribution in [3.05, 3.63) is 36.0 Å². The molecule has 9 heteroatoms. The molecule has 184 valence electrons. The zero-order chi connectivity index (χ0) is 24.8. The molecule has 1 N–H and O–H groups in total. The van der Waals surface area contributed by atoms with Crippen LogP contribution >= 0.6 is 0 Å². The molecule has 2 amide bonds. The van der Waals surface area contributed by atoms with Crippen molar-refractivity contribution in [2.75, 3.05) is 52.9 Å². The molecule has 0 aliphatic carbocycles. The lowest BCUT2D eigenvalue weighted by Crippen LogP contribution is -2.59. The molecule has 0 spiro atoms. The second-order valence-corrected chi connectivity index (χ2v) is 9.87. The van der Waals surface area contributed by atoms with Crippen molar-refractivity contribution < 1.29 is 28.3 Å². The molecule has 34 heavy (non-hydrogen) atoms. The Labute approximate surface area is 200 Å². The van der Waals surface area contributed by atoms with Crippen molar-refractivity contribution in [3.8, 4) is 5.75 Å². The van der Waals surface area contributed by atoms with Gasteiger partial charge in [0.25, 0.3) is 5.91 Å². The van der Waals surface area contributed by atoms with Crippen molar-refractivity contribution in [1.29, 1.82) is 0 Å². The third-order valence-electron chi connectivity index (χ3n) is 5.89. The van der Waals surface area contributed by atoms with Crippen LogP contribution in [0.1, 0.15) is 37.6 Å². The first kappa shape index (κ1) is 25.4. The third kappa shape index (κ3) is 6.90. The summed E-state index contributed by atoms with van der Waals surface area (Å²) in [6.45, 7) is 10.2. The van der Waals surface area contributed by atoms with E-state index in [0.29, 0.717) is 48.2 Å². The number of likely N-dealkylation sites (N-methyl/N-ethyl adjacent to an activating group) is 1. The van der Waals surface area contributed by atoms with Crippen molar-refractivity contribution >= 4 is 29.2 Å². The fraction of sp³-hybridized carbons (Fsp3) is 0.520. The number of nitrogens with one attached hydrogen (secondary N) is 1. The monoisotopic (exact) mass is 471 g/mol. The number of hydrogen-bond donors (Lipinski definition) is 1. The van der Waals surface area contributed by atoms with Gasteiger partial charge in [0.1, 0.15) is 17.6 Å². The van der Waals surface area contributed by atoms with E-state index in [4.69, 9.17) is 9.47 Å². The van der Waals surface area contributed by atoms with Gasteiger partial charge in [-0.3, -0.25) is 14.7 Å². The third-order valence-corrected chi connectivity index (χ3v) is 5.89. The second kappa shape index (κ2) is 10.8. The number of aromatic nitrogens is 1. The summed E-state index contributed by atoms with van der Waals surface area (Å²) in [5.41, 5.74) is 0.661. The summed E-state index contributed by atoms with van der Waals surface area (Å²) in [5, 5.41) is 3.25. The first-order valence-electron chi connectivity index (χ1n) is 11.7. The number of nitrogens with zero attached hydrogens (tertiary/aromatic N) is 3. The minimum Gasteiger partial charge on any atom is -0.493 e. The average molecular weight is 472 g/mol. The fourth-order valence-electron chi connectivity index (χ4n) is 3.96. The van der Waals surface area contributed by atoms with Crippen molar-refractivity contribution in [3.63, 3.8) is 0 Å². The number of hydrogen-bond acceptors (Lipinski definition) is 6. The Hall–Kier alpha value is -3.20. The van der Waals surface area contributed by atoms with E-state index in [1.54, 1.807) is 17.2 Å². The number of pyridine rings is 1. The predicted molar refractivity (Wildman–Crippen MR) is 129 cm³/mol. The van der Waals surface area contributed by atoms with Crippen LogP contribution in [-0.4, -0.2) is 91.2 Å². The average Bonchev–Trinajstić information content (AvgIpc) is 2.79.